The highest BCUT2D eigenvalue weighted by Crippen LogP contribution is 2.29. The molecule has 9 nitrogen and oxygen atoms in total. The van der Waals surface area contributed by atoms with Crippen LogP contribution in [0, 0.1) is 11.6 Å². The highest BCUT2D eigenvalue weighted by molar-refractivity contribution is 5.93. The largest absolute Gasteiger partial charge is 0.348 e. The normalized spacial score (nSPS) is 19.9. The maximum absolute atomic E-state index is 14.4. The number of aromatic nitrogens is 5. The molecular formula is C33H28F2N6O3. The number of amides is 1. The summed E-state index contributed by atoms with van der Waals surface area (Å²) >= 11 is 0. The Kier molecular flexibility index (Phi) is 7.00. The SMILES string of the molecule is O=C(N[C@H]1CC[C@@H](n2c(=O)c3cc(F)cnc3n(-c3cccc(C4C=CC=CC4)c3)c2=O)CC1)c1cn2cc(F)ccc2n1. The summed E-state index contributed by atoms with van der Waals surface area (Å²) in [5, 5.41) is 3.00. The van der Waals surface area contributed by atoms with Gasteiger partial charge < -0.3 is 9.72 Å². The fourth-order valence-electron chi connectivity index (χ4n) is 6.27. The van der Waals surface area contributed by atoms with Crippen molar-refractivity contribution in [3.05, 3.63) is 129 Å². The van der Waals surface area contributed by atoms with Crippen LogP contribution in [0.1, 0.15) is 60.1 Å². The van der Waals surface area contributed by atoms with Gasteiger partial charge in [-0.3, -0.25) is 14.2 Å². The Morgan fingerprint density at radius 2 is 1.80 bits per heavy atom. The van der Waals surface area contributed by atoms with Gasteiger partial charge in [0.1, 0.15) is 23.0 Å². The topological polar surface area (TPSA) is 103 Å². The molecule has 1 N–H and O–H groups in total. The molecule has 1 saturated carbocycles. The number of rotatable bonds is 5. The van der Waals surface area contributed by atoms with Crippen molar-refractivity contribution in [1.29, 1.82) is 0 Å². The Hall–Kier alpha value is -5.19. The molecule has 11 heteroatoms. The van der Waals surface area contributed by atoms with Gasteiger partial charge in [0.05, 0.1) is 17.3 Å². The lowest BCUT2D eigenvalue weighted by atomic mass is 9.90. The van der Waals surface area contributed by atoms with E-state index in [2.05, 4.69) is 27.4 Å². The summed E-state index contributed by atoms with van der Waals surface area (Å²) in [7, 11) is 0. The standard InChI is InChI=1S/C33H28F2N6O3/c34-22-9-14-29-38-28(19-39(29)18-22)31(42)37-24-10-12-25(13-11-24)41-32(43)27-16-23(35)17-36-30(27)40(33(41)44)26-8-4-7-21(15-26)20-5-2-1-3-6-20/h1-5,7-9,14-20,24-25H,6,10-13H2,(H,37,42)/t20?,24-,25+. The Bertz CT molecular complexity index is 2100. The van der Waals surface area contributed by atoms with Gasteiger partial charge in [-0.1, -0.05) is 36.4 Å². The van der Waals surface area contributed by atoms with Crippen molar-refractivity contribution >= 4 is 22.6 Å². The van der Waals surface area contributed by atoms with Crippen LogP contribution in [0.3, 0.4) is 0 Å². The van der Waals surface area contributed by atoms with Crippen LogP contribution in [-0.2, 0) is 0 Å². The first-order chi connectivity index (χ1) is 21.4. The first-order valence-electron chi connectivity index (χ1n) is 14.6. The molecule has 1 aromatic carbocycles. The van der Waals surface area contributed by atoms with Gasteiger partial charge in [0.25, 0.3) is 11.5 Å². The van der Waals surface area contributed by atoms with E-state index in [1.807, 2.05) is 30.4 Å². The number of benzene rings is 1. The van der Waals surface area contributed by atoms with Crippen molar-refractivity contribution in [2.75, 3.05) is 0 Å². The minimum atomic E-state index is -0.666. The van der Waals surface area contributed by atoms with Crippen LogP contribution >= 0.6 is 0 Å². The van der Waals surface area contributed by atoms with Gasteiger partial charge in [-0.25, -0.2) is 28.1 Å². The van der Waals surface area contributed by atoms with E-state index in [1.165, 1.54) is 38.1 Å². The summed E-state index contributed by atoms with van der Waals surface area (Å²) in [6.45, 7) is 0. The first-order valence-corrected chi connectivity index (χ1v) is 14.6. The maximum Gasteiger partial charge on any atom is 0.337 e. The number of fused-ring (bicyclic) bond motifs is 2. The number of imidazole rings is 1. The lowest BCUT2D eigenvalue weighted by molar-refractivity contribution is 0.0917. The monoisotopic (exact) mass is 594 g/mol. The van der Waals surface area contributed by atoms with Crippen molar-refractivity contribution in [3.8, 4) is 5.69 Å². The van der Waals surface area contributed by atoms with Crippen LogP contribution in [-0.4, -0.2) is 35.5 Å². The molecule has 0 aliphatic heterocycles. The van der Waals surface area contributed by atoms with Gasteiger partial charge in [0.15, 0.2) is 5.65 Å². The molecule has 0 saturated heterocycles. The van der Waals surface area contributed by atoms with E-state index in [1.54, 1.807) is 6.07 Å². The van der Waals surface area contributed by atoms with E-state index in [4.69, 9.17) is 0 Å². The van der Waals surface area contributed by atoms with Crippen molar-refractivity contribution < 1.29 is 13.6 Å². The van der Waals surface area contributed by atoms with Crippen LogP contribution in [0.4, 0.5) is 8.78 Å². The summed E-state index contributed by atoms with van der Waals surface area (Å²) in [5.41, 5.74) is 1.15. The first kappa shape index (κ1) is 27.6. The summed E-state index contributed by atoms with van der Waals surface area (Å²) in [6.07, 6.45) is 14.7. The van der Waals surface area contributed by atoms with E-state index in [-0.39, 0.29) is 34.6 Å². The lowest BCUT2D eigenvalue weighted by Gasteiger charge is -2.30. The average Bonchev–Trinajstić information content (AvgIpc) is 3.46. The summed E-state index contributed by atoms with van der Waals surface area (Å²) in [5.74, 6) is -1.34. The molecule has 2 aliphatic rings. The molecule has 2 aliphatic carbocycles. The van der Waals surface area contributed by atoms with E-state index >= 15 is 0 Å². The number of pyridine rings is 2. The van der Waals surface area contributed by atoms with E-state index in [9.17, 15) is 23.2 Å². The highest BCUT2D eigenvalue weighted by atomic mass is 19.1. The molecular weight excluding hydrogens is 566 g/mol. The van der Waals surface area contributed by atoms with Crippen LogP contribution in [0.5, 0.6) is 0 Å². The molecule has 1 amide bonds. The number of hydrogen-bond acceptors (Lipinski definition) is 5. The van der Waals surface area contributed by atoms with Gasteiger partial charge in [-0.2, -0.15) is 0 Å². The zero-order valence-electron chi connectivity index (χ0n) is 23.6. The molecule has 0 spiro atoms. The van der Waals surface area contributed by atoms with Gasteiger partial charge in [-0.15, -0.1) is 0 Å². The van der Waals surface area contributed by atoms with Gasteiger partial charge in [-0.05, 0) is 68.0 Å². The van der Waals surface area contributed by atoms with Crippen molar-refractivity contribution in [1.82, 2.24) is 28.8 Å². The van der Waals surface area contributed by atoms with Crippen molar-refractivity contribution in [2.45, 2.75) is 50.1 Å². The Balaban J connectivity index is 1.18. The van der Waals surface area contributed by atoms with Gasteiger partial charge in [0, 0.05) is 30.4 Å². The number of nitrogens with zero attached hydrogens (tertiary/aromatic N) is 5. The predicted octanol–water partition coefficient (Wildman–Crippen LogP) is 4.99. The lowest BCUT2D eigenvalue weighted by Crippen LogP contribution is -2.45. The third-order valence-electron chi connectivity index (χ3n) is 8.47. The quantitative estimate of drug-likeness (QED) is 0.309. The Morgan fingerprint density at radius 1 is 0.955 bits per heavy atom. The summed E-state index contributed by atoms with van der Waals surface area (Å²) in [6, 6.07) is 10.8. The number of carbonyl (C=O) groups is 1. The second kappa shape index (κ2) is 11.1. The van der Waals surface area contributed by atoms with Crippen LogP contribution < -0.4 is 16.6 Å². The third-order valence-corrected chi connectivity index (χ3v) is 8.47. The molecule has 1 atom stereocenters. The Labute approximate surface area is 249 Å². The molecule has 44 heavy (non-hydrogen) atoms. The molecule has 1 fully saturated rings. The minimum absolute atomic E-state index is 0.0224. The molecule has 0 radical (unpaired) electrons. The zero-order chi connectivity index (χ0) is 30.4. The summed E-state index contributed by atoms with van der Waals surface area (Å²) in [4.78, 5) is 49.1. The molecule has 4 aromatic heterocycles. The van der Waals surface area contributed by atoms with E-state index in [0.717, 1.165) is 24.2 Å². The number of carbonyl (C=O) groups excluding carboxylic acids is 1. The van der Waals surface area contributed by atoms with Crippen LogP contribution in [0.2, 0.25) is 0 Å². The molecule has 4 heterocycles. The van der Waals surface area contributed by atoms with Gasteiger partial charge in [0.2, 0.25) is 0 Å². The highest BCUT2D eigenvalue weighted by Gasteiger charge is 2.28. The second-order valence-corrected chi connectivity index (χ2v) is 11.3. The molecule has 7 rings (SSSR count). The molecule has 0 bridgehead atoms. The average molecular weight is 595 g/mol. The second-order valence-electron chi connectivity index (χ2n) is 11.3. The minimum Gasteiger partial charge on any atom is -0.348 e. The molecule has 1 unspecified atom stereocenters. The van der Waals surface area contributed by atoms with Crippen LogP contribution in [0.15, 0.2) is 94.9 Å². The van der Waals surface area contributed by atoms with E-state index < -0.39 is 28.9 Å². The number of nitrogens with one attached hydrogen (secondary N) is 1. The smallest absolute Gasteiger partial charge is 0.337 e. The number of allylic oxidation sites excluding steroid dienone is 4. The fourth-order valence-corrected chi connectivity index (χ4v) is 6.27. The zero-order valence-corrected chi connectivity index (χ0v) is 23.6. The molecule has 222 valence electrons. The third kappa shape index (κ3) is 5.04. The van der Waals surface area contributed by atoms with Gasteiger partial charge >= 0.3 is 5.69 Å². The van der Waals surface area contributed by atoms with Crippen molar-refractivity contribution in [3.63, 3.8) is 0 Å². The number of halogens is 2. The fraction of sp³-hybridized carbons (Fsp3) is 0.242. The van der Waals surface area contributed by atoms with Crippen LogP contribution in [0.25, 0.3) is 22.4 Å². The summed E-state index contributed by atoms with van der Waals surface area (Å²) < 4.78 is 32.0. The Morgan fingerprint density at radius 3 is 2.59 bits per heavy atom. The van der Waals surface area contributed by atoms with Crippen molar-refractivity contribution in [2.24, 2.45) is 0 Å². The van der Waals surface area contributed by atoms with E-state index in [0.29, 0.717) is 37.0 Å². The number of hydrogen-bond donors (Lipinski definition) is 1. The maximum atomic E-state index is 14.4. The predicted molar refractivity (Wildman–Crippen MR) is 161 cm³/mol. The molecule has 5 aromatic rings.